The molecule has 2 fully saturated rings. The van der Waals surface area contributed by atoms with Crippen LogP contribution >= 0.6 is 11.6 Å². The molecule has 2 saturated carbocycles. The zero-order valence-corrected chi connectivity index (χ0v) is 15.2. The van der Waals surface area contributed by atoms with Gasteiger partial charge in [-0.15, -0.1) is 0 Å². The second-order valence-electron chi connectivity index (χ2n) is 7.49. The molecule has 3 aromatic rings. The number of pyridine rings is 1. The minimum absolute atomic E-state index is 0.00854. The molecule has 5 rings (SSSR count). The summed E-state index contributed by atoms with van der Waals surface area (Å²) in [6, 6.07) is 13.9. The molecular weight excluding hydrogens is 346 g/mol. The fraction of sp³-hybridized carbons (Fsp3) is 0.333. The van der Waals surface area contributed by atoms with E-state index in [0.29, 0.717) is 28.6 Å². The van der Waals surface area contributed by atoms with E-state index >= 15 is 0 Å². The number of carbonyl (C=O) groups excluding carboxylic acids is 1. The summed E-state index contributed by atoms with van der Waals surface area (Å²) in [5.74, 6) is 2.20. The van der Waals surface area contributed by atoms with Crippen LogP contribution in [-0.2, 0) is 0 Å². The first-order valence-electron chi connectivity index (χ1n) is 9.30. The van der Waals surface area contributed by atoms with Crippen molar-refractivity contribution in [2.45, 2.75) is 31.7 Å². The number of nitrogens with one attached hydrogen (secondary N) is 2. The number of aromatic amines is 1. The Labute approximate surface area is 157 Å². The van der Waals surface area contributed by atoms with Crippen LogP contribution < -0.4 is 9.72 Å². The number of nitrogens with zero attached hydrogens (tertiary/aromatic N) is 1. The molecule has 1 amide bonds. The highest BCUT2D eigenvalue weighted by molar-refractivity contribution is 6.30. The number of halogens is 1. The zero-order valence-electron chi connectivity index (χ0n) is 14.4. The van der Waals surface area contributed by atoms with Crippen LogP contribution in [0.5, 0.6) is 0 Å². The van der Waals surface area contributed by atoms with Crippen LogP contribution in [0.4, 0.5) is 0 Å². The van der Waals surface area contributed by atoms with Crippen molar-refractivity contribution in [3.63, 3.8) is 0 Å². The minimum Gasteiger partial charge on any atom is -0.345 e. The quantitative estimate of drug-likeness (QED) is 0.659. The van der Waals surface area contributed by atoms with Crippen molar-refractivity contribution < 1.29 is 9.20 Å². The Kier molecular flexibility index (Phi) is 3.75. The molecule has 2 aliphatic rings. The van der Waals surface area contributed by atoms with Crippen molar-refractivity contribution in [1.82, 2.24) is 10.3 Å². The minimum atomic E-state index is -0.00854. The molecule has 0 atom stereocenters. The Balaban J connectivity index is 1.54. The van der Waals surface area contributed by atoms with E-state index in [1.54, 1.807) is 0 Å². The molecule has 0 saturated heterocycles. The van der Waals surface area contributed by atoms with E-state index in [2.05, 4.69) is 10.3 Å². The molecule has 0 radical (unpaired) electrons. The highest BCUT2D eigenvalue weighted by Gasteiger charge is 2.43. The highest BCUT2D eigenvalue weighted by Crippen LogP contribution is 2.44. The van der Waals surface area contributed by atoms with Crippen LogP contribution in [0, 0.1) is 11.8 Å². The molecule has 0 spiro atoms. The number of rotatable bonds is 5. The molecule has 2 heterocycles. The van der Waals surface area contributed by atoms with Gasteiger partial charge in [-0.05, 0) is 67.9 Å². The number of benzene rings is 1. The number of hydrogen-bond donors (Lipinski definition) is 2. The third-order valence-corrected chi connectivity index (χ3v) is 5.72. The van der Waals surface area contributed by atoms with Crippen LogP contribution in [0.1, 0.15) is 36.2 Å². The first-order valence-corrected chi connectivity index (χ1v) is 9.67. The standard InChI is InChI=1S/C21H20ClN3O/c22-16-5-3-4-15(12-16)20-23-19(17-6-1-2-11-25(17)20)21(26)24-18(13-7-8-13)14-9-10-14/h1-6,11-14,18H,7-10H2,(H,24,26)/p+1. The maximum atomic E-state index is 13.1. The van der Waals surface area contributed by atoms with Gasteiger partial charge in [0, 0.05) is 11.1 Å². The first kappa shape index (κ1) is 15.9. The van der Waals surface area contributed by atoms with Crippen LogP contribution in [0.2, 0.25) is 5.02 Å². The van der Waals surface area contributed by atoms with Crippen molar-refractivity contribution in [1.29, 1.82) is 0 Å². The molecule has 2 aromatic heterocycles. The Morgan fingerprint density at radius 2 is 1.88 bits per heavy atom. The summed E-state index contributed by atoms with van der Waals surface area (Å²) in [6.45, 7) is 0. The number of aromatic nitrogens is 2. The SMILES string of the molecule is O=C(NC(C1CC1)C1CC1)c1[nH]c(-c2cccc(Cl)c2)[n+]2ccccc12. The lowest BCUT2D eigenvalue weighted by molar-refractivity contribution is -0.498. The summed E-state index contributed by atoms with van der Waals surface area (Å²) in [6.07, 6.45) is 6.95. The molecule has 4 nitrogen and oxygen atoms in total. The van der Waals surface area contributed by atoms with E-state index in [1.807, 2.05) is 53.1 Å². The predicted octanol–water partition coefficient (Wildman–Crippen LogP) is 3.99. The molecule has 0 bridgehead atoms. The van der Waals surface area contributed by atoms with Gasteiger partial charge in [0.05, 0.1) is 11.8 Å². The average Bonchev–Trinajstić information content (AvgIpc) is 3.56. The molecule has 2 N–H and O–H groups in total. The van der Waals surface area contributed by atoms with Crippen LogP contribution in [0.3, 0.4) is 0 Å². The fourth-order valence-corrected chi connectivity index (χ4v) is 4.05. The lowest BCUT2D eigenvalue weighted by atomic mass is 10.1. The Morgan fingerprint density at radius 3 is 2.58 bits per heavy atom. The number of fused-ring (bicyclic) bond motifs is 1. The molecule has 132 valence electrons. The predicted molar refractivity (Wildman–Crippen MR) is 101 cm³/mol. The lowest BCUT2D eigenvalue weighted by Gasteiger charge is -2.16. The number of imidazole rings is 1. The molecule has 5 heteroatoms. The summed E-state index contributed by atoms with van der Waals surface area (Å²) in [5, 5.41) is 3.99. The highest BCUT2D eigenvalue weighted by atomic mass is 35.5. The van der Waals surface area contributed by atoms with Crippen LogP contribution in [0.15, 0.2) is 48.7 Å². The molecule has 1 aromatic carbocycles. The number of H-pyrrole nitrogens is 1. The Hall–Kier alpha value is -2.33. The van der Waals surface area contributed by atoms with E-state index in [9.17, 15) is 4.79 Å². The monoisotopic (exact) mass is 366 g/mol. The number of carbonyl (C=O) groups is 1. The average molecular weight is 367 g/mol. The smallest absolute Gasteiger partial charge is 0.295 e. The number of amides is 1. The Morgan fingerprint density at radius 1 is 1.12 bits per heavy atom. The largest absolute Gasteiger partial charge is 0.345 e. The van der Waals surface area contributed by atoms with Gasteiger partial charge < -0.3 is 5.32 Å². The van der Waals surface area contributed by atoms with E-state index in [4.69, 9.17) is 11.6 Å². The first-order chi connectivity index (χ1) is 12.7. The maximum absolute atomic E-state index is 13.1. The fourth-order valence-electron chi connectivity index (χ4n) is 3.86. The van der Waals surface area contributed by atoms with Crippen molar-refractivity contribution >= 4 is 23.0 Å². The summed E-state index contributed by atoms with van der Waals surface area (Å²) in [4.78, 5) is 16.4. The normalized spacial score (nSPS) is 17.0. The van der Waals surface area contributed by atoms with E-state index < -0.39 is 0 Å². The van der Waals surface area contributed by atoms with Crippen LogP contribution in [-0.4, -0.2) is 16.9 Å². The van der Waals surface area contributed by atoms with Crippen molar-refractivity contribution in [2.75, 3.05) is 0 Å². The van der Waals surface area contributed by atoms with Gasteiger partial charge in [-0.3, -0.25) is 4.79 Å². The van der Waals surface area contributed by atoms with Gasteiger partial charge in [-0.2, -0.15) is 4.40 Å². The van der Waals surface area contributed by atoms with Crippen molar-refractivity contribution in [3.8, 4) is 11.4 Å². The molecule has 2 aliphatic carbocycles. The van der Waals surface area contributed by atoms with Crippen LogP contribution in [0.25, 0.3) is 16.9 Å². The van der Waals surface area contributed by atoms with Gasteiger partial charge in [-0.25, -0.2) is 4.98 Å². The molecule has 0 aliphatic heterocycles. The van der Waals surface area contributed by atoms with Gasteiger partial charge in [0.15, 0.2) is 5.52 Å². The van der Waals surface area contributed by atoms with Gasteiger partial charge in [0.25, 0.3) is 11.7 Å². The van der Waals surface area contributed by atoms with Crippen molar-refractivity contribution in [3.05, 3.63) is 59.4 Å². The third-order valence-electron chi connectivity index (χ3n) is 5.48. The topological polar surface area (TPSA) is 49.0 Å². The van der Waals surface area contributed by atoms with E-state index in [1.165, 1.54) is 25.7 Å². The summed E-state index contributed by atoms with van der Waals surface area (Å²) < 4.78 is 2.02. The van der Waals surface area contributed by atoms with E-state index in [0.717, 1.165) is 16.9 Å². The van der Waals surface area contributed by atoms with Gasteiger partial charge in [-0.1, -0.05) is 23.7 Å². The second-order valence-corrected chi connectivity index (χ2v) is 7.93. The van der Waals surface area contributed by atoms with Gasteiger partial charge >= 0.3 is 0 Å². The summed E-state index contributed by atoms with van der Waals surface area (Å²) in [5.41, 5.74) is 2.45. The zero-order chi connectivity index (χ0) is 17.7. The van der Waals surface area contributed by atoms with Gasteiger partial charge in [0.1, 0.15) is 0 Å². The molecule has 0 unspecified atom stereocenters. The van der Waals surface area contributed by atoms with Gasteiger partial charge in [0.2, 0.25) is 5.69 Å². The number of hydrogen-bond acceptors (Lipinski definition) is 1. The summed E-state index contributed by atoms with van der Waals surface area (Å²) in [7, 11) is 0. The maximum Gasteiger partial charge on any atom is 0.295 e. The van der Waals surface area contributed by atoms with Crippen molar-refractivity contribution in [2.24, 2.45) is 11.8 Å². The molecular formula is C21H21ClN3O+. The van der Waals surface area contributed by atoms with E-state index in [-0.39, 0.29) is 5.91 Å². The Bertz CT molecular complexity index is 976. The summed E-state index contributed by atoms with van der Waals surface area (Å²) >= 11 is 6.17. The third kappa shape index (κ3) is 2.88. The lowest BCUT2D eigenvalue weighted by Crippen LogP contribution is -2.38. The second kappa shape index (κ2) is 6.13. The molecule has 26 heavy (non-hydrogen) atoms.